The lowest BCUT2D eigenvalue weighted by atomic mass is 10.2. The maximum absolute atomic E-state index is 9.26. The van der Waals surface area contributed by atoms with Gasteiger partial charge in [0, 0.05) is 0 Å². The fourth-order valence-electron chi connectivity index (χ4n) is 1.21. The van der Waals surface area contributed by atoms with Crippen molar-refractivity contribution in [3.8, 4) is 11.5 Å². The zero-order valence-electron chi connectivity index (χ0n) is 9.98. The van der Waals surface area contributed by atoms with Gasteiger partial charge in [-0.1, -0.05) is 18.2 Å². The van der Waals surface area contributed by atoms with E-state index in [1.54, 1.807) is 6.07 Å². The van der Waals surface area contributed by atoms with E-state index in [-0.39, 0.29) is 11.5 Å². The summed E-state index contributed by atoms with van der Waals surface area (Å²) in [6.07, 6.45) is 0. The summed E-state index contributed by atoms with van der Waals surface area (Å²) in [5.41, 5.74) is 1.79. The van der Waals surface area contributed by atoms with Crippen molar-refractivity contribution in [2.45, 2.75) is 13.5 Å². The molecular formula is C13H18O4. The smallest absolute Gasteiger partial charge is 0.157 e. The van der Waals surface area contributed by atoms with Gasteiger partial charge in [0.25, 0.3) is 0 Å². The molecular weight excluding hydrogens is 220 g/mol. The molecule has 0 unspecified atom stereocenters. The highest BCUT2D eigenvalue weighted by Crippen LogP contribution is 2.24. The molecule has 0 aliphatic rings. The molecule has 0 aromatic heterocycles. The van der Waals surface area contributed by atoms with Crippen LogP contribution in [0.25, 0.3) is 0 Å². The van der Waals surface area contributed by atoms with E-state index in [0.29, 0.717) is 26.4 Å². The fraction of sp³-hybridized carbons (Fsp3) is 0.385. The van der Waals surface area contributed by atoms with Gasteiger partial charge in [-0.05, 0) is 24.6 Å². The molecule has 0 aliphatic heterocycles. The first-order valence-electron chi connectivity index (χ1n) is 5.40. The monoisotopic (exact) mass is 238 g/mol. The van der Waals surface area contributed by atoms with Crippen LogP contribution < -0.4 is 0 Å². The molecule has 0 amide bonds. The third kappa shape index (κ3) is 5.38. The van der Waals surface area contributed by atoms with Gasteiger partial charge < -0.3 is 19.7 Å². The molecule has 0 spiro atoms. The maximum atomic E-state index is 9.26. The van der Waals surface area contributed by atoms with E-state index in [1.165, 1.54) is 12.1 Å². The van der Waals surface area contributed by atoms with Crippen molar-refractivity contribution in [1.29, 1.82) is 0 Å². The SMILES string of the molecule is C=C(C)COCCOCc1ccc(O)c(O)c1. The van der Waals surface area contributed by atoms with E-state index in [2.05, 4.69) is 6.58 Å². The summed E-state index contributed by atoms with van der Waals surface area (Å²) in [5, 5.41) is 18.4. The van der Waals surface area contributed by atoms with Crippen LogP contribution in [0.1, 0.15) is 12.5 Å². The van der Waals surface area contributed by atoms with Crippen LogP contribution in [-0.2, 0) is 16.1 Å². The Morgan fingerprint density at radius 3 is 2.53 bits per heavy atom. The molecule has 0 radical (unpaired) electrons. The predicted octanol–water partition coefficient (Wildman–Crippen LogP) is 2.21. The van der Waals surface area contributed by atoms with Crippen LogP contribution in [0.3, 0.4) is 0 Å². The van der Waals surface area contributed by atoms with Crippen molar-refractivity contribution >= 4 is 0 Å². The summed E-state index contributed by atoms with van der Waals surface area (Å²) in [6, 6.07) is 4.61. The number of benzene rings is 1. The topological polar surface area (TPSA) is 58.9 Å². The number of ether oxygens (including phenoxy) is 2. The van der Waals surface area contributed by atoms with Crippen molar-refractivity contribution in [3.05, 3.63) is 35.9 Å². The van der Waals surface area contributed by atoms with Crippen molar-refractivity contribution in [3.63, 3.8) is 0 Å². The molecule has 1 aromatic carbocycles. The Morgan fingerprint density at radius 1 is 1.18 bits per heavy atom. The first-order valence-corrected chi connectivity index (χ1v) is 5.40. The molecule has 1 aromatic rings. The van der Waals surface area contributed by atoms with Gasteiger partial charge in [0.15, 0.2) is 11.5 Å². The summed E-state index contributed by atoms with van der Waals surface area (Å²) >= 11 is 0. The van der Waals surface area contributed by atoms with E-state index in [1.807, 2.05) is 6.92 Å². The number of hydrogen-bond donors (Lipinski definition) is 2. The normalized spacial score (nSPS) is 10.4. The molecule has 0 saturated carbocycles. The molecule has 4 nitrogen and oxygen atoms in total. The summed E-state index contributed by atoms with van der Waals surface area (Å²) in [5.74, 6) is -0.261. The Kier molecular flexibility index (Phi) is 5.52. The van der Waals surface area contributed by atoms with Gasteiger partial charge in [0.05, 0.1) is 26.4 Å². The van der Waals surface area contributed by atoms with Gasteiger partial charge in [-0.3, -0.25) is 0 Å². The standard InChI is InChI=1S/C13H18O4/c1-10(2)8-16-5-6-17-9-11-3-4-12(14)13(15)7-11/h3-4,7,14-15H,1,5-6,8-9H2,2H3. The number of phenolic OH excluding ortho intramolecular Hbond substituents is 2. The quantitative estimate of drug-likeness (QED) is 0.434. The Morgan fingerprint density at radius 2 is 1.88 bits per heavy atom. The number of phenols is 2. The Balaban J connectivity index is 2.18. The molecule has 0 bridgehead atoms. The second-order valence-corrected chi connectivity index (χ2v) is 3.89. The maximum Gasteiger partial charge on any atom is 0.157 e. The minimum atomic E-state index is -0.135. The van der Waals surface area contributed by atoms with Crippen LogP contribution in [0.5, 0.6) is 11.5 Å². The molecule has 0 aliphatic carbocycles. The summed E-state index contributed by atoms with van der Waals surface area (Å²) in [6.45, 7) is 7.54. The third-order valence-corrected chi connectivity index (χ3v) is 2.03. The zero-order valence-corrected chi connectivity index (χ0v) is 9.98. The average molecular weight is 238 g/mol. The van der Waals surface area contributed by atoms with E-state index < -0.39 is 0 Å². The van der Waals surface area contributed by atoms with Gasteiger partial charge >= 0.3 is 0 Å². The molecule has 4 heteroatoms. The first kappa shape index (κ1) is 13.5. The lowest BCUT2D eigenvalue weighted by molar-refractivity contribution is 0.0484. The van der Waals surface area contributed by atoms with Crippen molar-refractivity contribution in [2.24, 2.45) is 0 Å². The Hall–Kier alpha value is -1.52. The highest BCUT2D eigenvalue weighted by atomic mass is 16.5. The van der Waals surface area contributed by atoms with Gasteiger partial charge in [0.1, 0.15) is 0 Å². The molecule has 0 heterocycles. The Bertz CT molecular complexity index is 374. The minimum absolute atomic E-state index is 0.126. The van der Waals surface area contributed by atoms with Crippen LogP contribution in [0.4, 0.5) is 0 Å². The summed E-state index contributed by atoms with van der Waals surface area (Å²) in [4.78, 5) is 0. The highest BCUT2D eigenvalue weighted by molar-refractivity contribution is 5.40. The lowest BCUT2D eigenvalue weighted by Crippen LogP contribution is -2.05. The molecule has 17 heavy (non-hydrogen) atoms. The number of rotatable bonds is 7. The van der Waals surface area contributed by atoms with Gasteiger partial charge in [-0.25, -0.2) is 0 Å². The zero-order chi connectivity index (χ0) is 12.7. The molecule has 2 N–H and O–H groups in total. The summed E-state index contributed by atoms with van der Waals surface area (Å²) < 4.78 is 10.6. The van der Waals surface area contributed by atoms with E-state index in [9.17, 15) is 5.11 Å². The molecule has 0 fully saturated rings. The third-order valence-electron chi connectivity index (χ3n) is 2.03. The molecule has 0 atom stereocenters. The number of hydrogen-bond acceptors (Lipinski definition) is 4. The van der Waals surface area contributed by atoms with Crippen LogP contribution >= 0.6 is 0 Å². The average Bonchev–Trinajstić information content (AvgIpc) is 2.27. The van der Waals surface area contributed by atoms with E-state index >= 15 is 0 Å². The van der Waals surface area contributed by atoms with Crippen LogP contribution in [0.2, 0.25) is 0 Å². The summed E-state index contributed by atoms with van der Waals surface area (Å²) in [7, 11) is 0. The highest BCUT2D eigenvalue weighted by Gasteiger charge is 2.00. The van der Waals surface area contributed by atoms with Crippen LogP contribution in [0, 0.1) is 0 Å². The van der Waals surface area contributed by atoms with E-state index in [4.69, 9.17) is 14.6 Å². The number of aromatic hydroxyl groups is 2. The first-order chi connectivity index (χ1) is 8.09. The van der Waals surface area contributed by atoms with Crippen LogP contribution in [-0.4, -0.2) is 30.0 Å². The fourth-order valence-corrected chi connectivity index (χ4v) is 1.21. The predicted molar refractivity (Wildman–Crippen MR) is 65.1 cm³/mol. The second-order valence-electron chi connectivity index (χ2n) is 3.89. The second kappa shape index (κ2) is 6.93. The van der Waals surface area contributed by atoms with Gasteiger partial charge in [-0.2, -0.15) is 0 Å². The van der Waals surface area contributed by atoms with E-state index in [0.717, 1.165) is 11.1 Å². The lowest BCUT2D eigenvalue weighted by Gasteiger charge is -2.06. The molecule has 0 saturated heterocycles. The van der Waals surface area contributed by atoms with Crippen molar-refractivity contribution in [1.82, 2.24) is 0 Å². The largest absolute Gasteiger partial charge is 0.504 e. The van der Waals surface area contributed by atoms with Gasteiger partial charge in [0.2, 0.25) is 0 Å². The molecule has 94 valence electrons. The van der Waals surface area contributed by atoms with Crippen molar-refractivity contribution in [2.75, 3.05) is 19.8 Å². The minimum Gasteiger partial charge on any atom is -0.504 e. The van der Waals surface area contributed by atoms with Crippen molar-refractivity contribution < 1.29 is 19.7 Å². The van der Waals surface area contributed by atoms with Gasteiger partial charge in [-0.15, -0.1) is 0 Å². The Labute approximate surface area is 101 Å². The molecule has 1 rings (SSSR count). The van der Waals surface area contributed by atoms with Crippen LogP contribution in [0.15, 0.2) is 30.4 Å².